The molecule has 2 bridgehead atoms. The van der Waals surface area contributed by atoms with Crippen molar-refractivity contribution in [1.82, 2.24) is 15.5 Å². The second-order valence-electron chi connectivity index (χ2n) is 13.6. The van der Waals surface area contributed by atoms with Gasteiger partial charge in [0.05, 0.1) is 29.8 Å². The molecular weight excluding hydrogens is 631 g/mol. The number of piperazine rings is 1. The number of halogens is 2. The van der Waals surface area contributed by atoms with E-state index in [-0.39, 0.29) is 18.0 Å². The number of amides is 1. The summed E-state index contributed by atoms with van der Waals surface area (Å²) in [4.78, 5) is 19.1. The van der Waals surface area contributed by atoms with Crippen molar-refractivity contribution in [2.24, 2.45) is 5.92 Å². The number of hydrogen-bond donors (Lipinski definition) is 2. The van der Waals surface area contributed by atoms with E-state index in [0.717, 1.165) is 85.4 Å². The Morgan fingerprint density at radius 2 is 1.79 bits per heavy atom. The van der Waals surface area contributed by atoms with E-state index >= 15 is 0 Å². The SMILES string of the molecule is COc1cccc(CN(C(=O)C2=C(c3ccc(N4CC[C@@H](COc5c(Cl)cc(C)cc5Cl)C4)cc3)C[C@@H]3CNC[C@H]2N3)C2CC2)c1C. The van der Waals surface area contributed by atoms with Gasteiger partial charge in [-0.15, -0.1) is 0 Å². The topological polar surface area (TPSA) is 66.1 Å². The predicted molar refractivity (Wildman–Crippen MR) is 190 cm³/mol. The summed E-state index contributed by atoms with van der Waals surface area (Å²) >= 11 is 12.8. The van der Waals surface area contributed by atoms with E-state index in [9.17, 15) is 4.79 Å². The van der Waals surface area contributed by atoms with Gasteiger partial charge in [-0.1, -0.05) is 47.5 Å². The fourth-order valence-electron chi connectivity index (χ4n) is 7.48. The third-order valence-corrected chi connectivity index (χ3v) is 10.8. The van der Waals surface area contributed by atoms with Gasteiger partial charge in [0.2, 0.25) is 0 Å². The number of methoxy groups -OCH3 is 1. The van der Waals surface area contributed by atoms with Crippen LogP contribution < -0.4 is 25.0 Å². The minimum absolute atomic E-state index is 0.00721. The summed E-state index contributed by atoms with van der Waals surface area (Å²) < 4.78 is 11.7. The second-order valence-corrected chi connectivity index (χ2v) is 14.4. The molecule has 1 saturated carbocycles. The van der Waals surface area contributed by atoms with Crippen molar-refractivity contribution in [3.8, 4) is 11.5 Å². The second kappa shape index (κ2) is 13.7. The van der Waals surface area contributed by atoms with Crippen LogP contribution in [0.5, 0.6) is 11.5 Å². The van der Waals surface area contributed by atoms with Crippen LogP contribution in [-0.4, -0.2) is 68.8 Å². The number of nitrogens with one attached hydrogen (secondary N) is 2. The molecule has 3 heterocycles. The zero-order valence-electron chi connectivity index (χ0n) is 27.5. The highest BCUT2D eigenvalue weighted by Crippen LogP contribution is 2.38. The molecule has 3 aromatic rings. The molecule has 0 aromatic heterocycles. The lowest BCUT2D eigenvalue weighted by molar-refractivity contribution is -0.128. The summed E-state index contributed by atoms with van der Waals surface area (Å²) in [5.74, 6) is 1.97. The van der Waals surface area contributed by atoms with Crippen LogP contribution in [0.2, 0.25) is 10.0 Å². The van der Waals surface area contributed by atoms with Crippen LogP contribution in [0, 0.1) is 19.8 Å². The third-order valence-electron chi connectivity index (χ3n) is 10.2. The molecule has 2 saturated heterocycles. The molecule has 3 atom stereocenters. The van der Waals surface area contributed by atoms with E-state index < -0.39 is 0 Å². The fraction of sp³-hybridized carbons (Fsp3) is 0.447. The van der Waals surface area contributed by atoms with Crippen LogP contribution in [0.15, 0.2) is 60.2 Å². The first kappa shape index (κ1) is 32.3. The standard InChI is InChI=1S/C38H44Cl2N4O3/c1-23-15-32(39)37(33(40)16-23)47-22-25-13-14-43(20-25)29-9-7-26(8-10-29)31-17-28-18-41-19-34(42-28)36(31)38(45)44(30-11-12-30)21-27-5-4-6-35(46-3)24(27)2/h4-10,15-16,25,28,30,34,41-42H,11-14,17-22H2,1-3H3/t25-,28-,34-/m1/s1. The molecule has 4 aliphatic rings. The third kappa shape index (κ3) is 6.86. The summed E-state index contributed by atoms with van der Waals surface area (Å²) in [5, 5.41) is 8.44. The largest absolute Gasteiger partial charge is 0.496 e. The number of carbonyl (C=O) groups is 1. The van der Waals surface area contributed by atoms with Crippen LogP contribution in [0.4, 0.5) is 5.69 Å². The van der Waals surface area contributed by atoms with E-state index in [4.69, 9.17) is 32.7 Å². The number of fused-ring (bicyclic) bond motifs is 2. The van der Waals surface area contributed by atoms with E-state index in [1.165, 1.54) is 11.3 Å². The molecule has 248 valence electrons. The molecule has 2 N–H and O–H groups in total. The molecule has 9 heteroatoms. The molecule has 7 nitrogen and oxygen atoms in total. The number of hydrogen-bond acceptors (Lipinski definition) is 6. The number of ether oxygens (including phenoxy) is 2. The summed E-state index contributed by atoms with van der Waals surface area (Å²) in [6.45, 7) is 8.76. The Labute approximate surface area is 288 Å². The van der Waals surface area contributed by atoms with Gasteiger partial charge in [-0.25, -0.2) is 0 Å². The van der Waals surface area contributed by atoms with Crippen molar-refractivity contribution in [1.29, 1.82) is 0 Å². The molecule has 1 aliphatic carbocycles. The maximum absolute atomic E-state index is 14.6. The lowest BCUT2D eigenvalue weighted by atomic mass is 9.83. The lowest BCUT2D eigenvalue weighted by Crippen LogP contribution is -2.60. The van der Waals surface area contributed by atoms with E-state index in [0.29, 0.717) is 40.9 Å². The van der Waals surface area contributed by atoms with Gasteiger partial charge in [0, 0.05) is 62.0 Å². The normalized spacial score (nSPS) is 22.4. The van der Waals surface area contributed by atoms with Crippen LogP contribution in [0.1, 0.15) is 47.9 Å². The fourth-order valence-corrected chi connectivity index (χ4v) is 8.19. The van der Waals surface area contributed by atoms with Crippen molar-refractivity contribution in [3.63, 3.8) is 0 Å². The average molecular weight is 676 g/mol. The quantitative estimate of drug-likeness (QED) is 0.247. The lowest BCUT2D eigenvalue weighted by Gasteiger charge is -2.41. The summed E-state index contributed by atoms with van der Waals surface area (Å²) in [6, 6.07) is 19.4. The summed E-state index contributed by atoms with van der Waals surface area (Å²) in [6.07, 6.45) is 3.97. The molecule has 3 fully saturated rings. The van der Waals surface area contributed by atoms with Gasteiger partial charge < -0.3 is 29.9 Å². The van der Waals surface area contributed by atoms with Crippen molar-refractivity contribution in [2.45, 2.75) is 64.2 Å². The van der Waals surface area contributed by atoms with Crippen molar-refractivity contribution in [2.75, 3.05) is 44.8 Å². The number of nitrogens with zero attached hydrogens (tertiary/aromatic N) is 2. The molecule has 0 spiro atoms. The van der Waals surface area contributed by atoms with Crippen LogP contribution in [-0.2, 0) is 11.3 Å². The highest BCUT2D eigenvalue weighted by molar-refractivity contribution is 6.37. The van der Waals surface area contributed by atoms with Gasteiger partial charge in [-0.2, -0.15) is 0 Å². The van der Waals surface area contributed by atoms with E-state index in [2.05, 4.69) is 57.7 Å². The summed E-state index contributed by atoms with van der Waals surface area (Å²) in [5.41, 5.74) is 7.69. The maximum Gasteiger partial charge on any atom is 0.252 e. The number of carbonyl (C=O) groups excluding carboxylic acids is 1. The highest BCUT2D eigenvalue weighted by atomic mass is 35.5. The Hall–Kier alpha value is -3.23. The molecule has 7 rings (SSSR count). The number of benzene rings is 3. The number of rotatable bonds is 10. The molecule has 1 amide bonds. The Balaban J connectivity index is 1.10. The Bertz CT molecular complexity index is 1650. The Kier molecular flexibility index (Phi) is 9.43. The first-order valence-corrected chi connectivity index (χ1v) is 17.6. The van der Waals surface area contributed by atoms with Crippen LogP contribution in [0.25, 0.3) is 5.57 Å². The first-order valence-electron chi connectivity index (χ1n) is 16.9. The van der Waals surface area contributed by atoms with Gasteiger partial charge in [0.1, 0.15) is 5.75 Å². The number of aryl methyl sites for hydroxylation is 1. The van der Waals surface area contributed by atoms with Gasteiger partial charge in [0.15, 0.2) is 5.75 Å². The summed E-state index contributed by atoms with van der Waals surface area (Å²) in [7, 11) is 1.70. The smallest absolute Gasteiger partial charge is 0.252 e. The zero-order chi connectivity index (χ0) is 32.7. The van der Waals surface area contributed by atoms with E-state index in [1.807, 2.05) is 31.2 Å². The van der Waals surface area contributed by atoms with E-state index in [1.54, 1.807) is 7.11 Å². The Morgan fingerprint density at radius 1 is 1.02 bits per heavy atom. The molecule has 3 aromatic carbocycles. The molecular formula is C38H44Cl2N4O3. The molecule has 0 radical (unpaired) electrons. The minimum atomic E-state index is -0.00721. The zero-order valence-corrected chi connectivity index (χ0v) is 29.0. The first-order chi connectivity index (χ1) is 22.8. The Morgan fingerprint density at radius 3 is 2.51 bits per heavy atom. The molecule has 3 aliphatic heterocycles. The monoisotopic (exact) mass is 674 g/mol. The van der Waals surface area contributed by atoms with Crippen molar-refractivity contribution >= 4 is 40.4 Å². The van der Waals surface area contributed by atoms with Gasteiger partial charge >= 0.3 is 0 Å². The van der Waals surface area contributed by atoms with Gasteiger partial charge in [-0.05, 0) is 97.7 Å². The van der Waals surface area contributed by atoms with Crippen molar-refractivity contribution < 1.29 is 14.3 Å². The van der Waals surface area contributed by atoms with Gasteiger partial charge in [-0.3, -0.25) is 4.79 Å². The average Bonchev–Trinajstić information content (AvgIpc) is 3.80. The molecule has 0 unspecified atom stereocenters. The maximum atomic E-state index is 14.6. The van der Waals surface area contributed by atoms with Gasteiger partial charge in [0.25, 0.3) is 5.91 Å². The minimum Gasteiger partial charge on any atom is -0.496 e. The van der Waals surface area contributed by atoms with Crippen molar-refractivity contribution in [3.05, 3.63) is 92.5 Å². The highest BCUT2D eigenvalue weighted by Gasteiger charge is 2.41. The van der Waals surface area contributed by atoms with Crippen LogP contribution in [0.3, 0.4) is 0 Å². The molecule has 47 heavy (non-hydrogen) atoms. The van der Waals surface area contributed by atoms with Crippen LogP contribution >= 0.6 is 23.2 Å². The predicted octanol–water partition coefficient (Wildman–Crippen LogP) is 6.80. The number of anilines is 1.